The van der Waals surface area contributed by atoms with Crippen molar-refractivity contribution in [3.8, 4) is 0 Å². The predicted octanol–water partition coefficient (Wildman–Crippen LogP) is 1.96. The molecule has 1 aliphatic carbocycles. The fraction of sp³-hybridized carbons (Fsp3) is 1.00. The number of aliphatic hydroxyl groups is 1. The molecule has 0 bridgehead atoms. The molecule has 2 heteroatoms. The first-order valence-corrected chi connectivity index (χ1v) is 5.08. The van der Waals surface area contributed by atoms with Crippen molar-refractivity contribution in [3.05, 3.63) is 0 Å². The van der Waals surface area contributed by atoms with E-state index < -0.39 is 0 Å². The van der Waals surface area contributed by atoms with Crippen LogP contribution in [0.3, 0.4) is 0 Å². The fourth-order valence-electron chi connectivity index (χ4n) is 1.42. The topological polar surface area (TPSA) is 29.5 Å². The molecule has 0 aliphatic heterocycles. The highest BCUT2D eigenvalue weighted by atomic mass is 16.5. The van der Waals surface area contributed by atoms with Crippen molar-refractivity contribution in [2.45, 2.75) is 45.1 Å². The van der Waals surface area contributed by atoms with Gasteiger partial charge >= 0.3 is 0 Å². The highest BCUT2D eigenvalue weighted by molar-refractivity contribution is 4.76. The number of hydrogen-bond acceptors (Lipinski definition) is 2. The van der Waals surface area contributed by atoms with Crippen molar-refractivity contribution in [1.29, 1.82) is 0 Å². The number of ether oxygens (including phenoxy) is 1. The summed E-state index contributed by atoms with van der Waals surface area (Å²) in [5, 5.41) is 9.50. The van der Waals surface area contributed by atoms with Crippen LogP contribution in [0, 0.1) is 5.92 Å². The van der Waals surface area contributed by atoms with Gasteiger partial charge in [-0.1, -0.05) is 12.8 Å². The van der Waals surface area contributed by atoms with Crippen LogP contribution in [0.1, 0.15) is 39.0 Å². The Balaban J connectivity index is 1.83. The summed E-state index contributed by atoms with van der Waals surface area (Å²) in [6.07, 6.45) is 5.54. The molecule has 0 aromatic heterocycles. The van der Waals surface area contributed by atoms with E-state index in [0.717, 1.165) is 38.4 Å². The molecule has 1 aliphatic rings. The molecule has 12 heavy (non-hydrogen) atoms. The SMILES string of the molecule is CCOCCCC(O)CC1CC1. The van der Waals surface area contributed by atoms with E-state index in [1.54, 1.807) is 0 Å². The van der Waals surface area contributed by atoms with Crippen LogP contribution in [0.5, 0.6) is 0 Å². The second-order valence-corrected chi connectivity index (χ2v) is 3.67. The zero-order valence-corrected chi connectivity index (χ0v) is 7.96. The van der Waals surface area contributed by atoms with Crippen LogP contribution in [0.25, 0.3) is 0 Å². The molecule has 0 radical (unpaired) electrons. The third kappa shape index (κ3) is 4.73. The van der Waals surface area contributed by atoms with Crippen molar-refractivity contribution in [2.24, 2.45) is 5.92 Å². The maximum Gasteiger partial charge on any atom is 0.0543 e. The van der Waals surface area contributed by atoms with Crippen molar-refractivity contribution in [2.75, 3.05) is 13.2 Å². The van der Waals surface area contributed by atoms with Crippen LogP contribution in [0.2, 0.25) is 0 Å². The Labute approximate surface area is 74.9 Å². The van der Waals surface area contributed by atoms with E-state index in [0.29, 0.717) is 0 Å². The van der Waals surface area contributed by atoms with Crippen LogP contribution < -0.4 is 0 Å². The normalized spacial score (nSPS) is 19.5. The average molecular weight is 172 g/mol. The zero-order chi connectivity index (χ0) is 8.81. The molecule has 0 aromatic carbocycles. The number of hydrogen-bond donors (Lipinski definition) is 1. The van der Waals surface area contributed by atoms with E-state index in [9.17, 15) is 5.11 Å². The van der Waals surface area contributed by atoms with Gasteiger partial charge in [0.05, 0.1) is 6.10 Å². The molecule has 2 nitrogen and oxygen atoms in total. The second-order valence-electron chi connectivity index (χ2n) is 3.67. The third-order valence-corrected chi connectivity index (χ3v) is 2.33. The van der Waals surface area contributed by atoms with Crippen LogP contribution in [0.15, 0.2) is 0 Å². The highest BCUT2D eigenvalue weighted by Gasteiger charge is 2.23. The summed E-state index contributed by atoms with van der Waals surface area (Å²) < 4.78 is 5.19. The van der Waals surface area contributed by atoms with E-state index in [1.807, 2.05) is 6.92 Å². The van der Waals surface area contributed by atoms with Crippen LogP contribution in [-0.4, -0.2) is 24.4 Å². The zero-order valence-electron chi connectivity index (χ0n) is 7.96. The largest absolute Gasteiger partial charge is 0.393 e. The second kappa shape index (κ2) is 5.55. The lowest BCUT2D eigenvalue weighted by molar-refractivity contribution is 0.107. The Kier molecular flexibility index (Phi) is 4.62. The lowest BCUT2D eigenvalue weighted by atomic mass is 10.1. The monoisotopic (exact) mass is 172 g/mol. The molecule has 1 rings (SSSR count). The molecule has 1 N–H and O–H groups in total. The minimum atomic E-state index is -0.0713. The molecule has 72 valence electrons. The van der Waals surface area contributed by atoms with Gasteiger partial charge in [0.2, 0.25) is 0 Å². The van der Waals surface area contributed by atoms with Gasteiger partial charge in [-0.05, 0) is 32.1 Å². The van der Waals surface area contributed by atoms with Gasteiger partial charge in [-0.2, -0.15) is 0 Å². The summed E-state index contributed by atoms with van der Waals surface area (Å²) >= 11 is 0. The molecular weight excluding hydrogens is 152 g/mol. The first kappa shape index (κ1) is 10.0. The van der Waals surface area contributed by atoms with Crippen molar-refractivity contribution in [1.82, 2.24) is 0 Å². The van der Waals surface area contributed by atoms with Gasteiger partial charge in [0.25, 0.3) is 0 Å². The summed E-state index contributed by atoms with van der Waals surface area (Å²) in [6.45, 7) is 3.59. The number of rotatable bonds is 7. The van der Waals surface area contributed by atoms with Gasteiger partial charge in [-0.15, -0.1) is 0 Å². The van der Waals surface area contributed by atoms with Gasteiger partial charge in [-0.25, -0.2) is 0 Å². The molecule has 1 atom stereocenters. The molecule has 1 saturated carbocycles. The average Bonchev–Trinajstić information content (AvgIpc) is 2.82. The van der Waals surface area contributed by atoms with Crippen molar-refractivity contribution < 1.29 is 9.84 Å². The Morgan fingerprint density at radius 1 is 1.50 bits per heavy atom. The quantitative estimate of drug-likeness (QED) is 0.595. The Morgan fingerprint density at radius 3 is 2.83 bits per heavy atom. The first-order valence-electron chi connectivity index (χ1n) is 5.08. The van der Waals surface area contributed by atoms with E-state index in [2.05, 4.69) is 0 Å². The molecule has 1 fully saturated rings. The molecule has 0 spiro atoms. The third-order valence-electron chi connectivity index (χ3n) is 2.33. The van der Waals surface area contributed by atoms with Crippen molar-refractivity contribution >= 4 is 0 Å². The van der Waals surface area contributed by atoms with Gasteiger partial charge in [0, 0.05) is 13.2 Å². The van der Waals surface area contributed by atoms with Crippen LogP contribution in [0.4, 0.5) is 0 Å². The van der Waals surface area contributed by atoms with Crippen LogP contribution >= 0.6 is 0 Å². The van der Waals surface area contributed by atoms with E-state index in [4.69, 9.17) is 4.74 Å². The van der Waals surface area contributed by atoms with Crippen LogP contribution in [-0.2, 0) is 4.74 Å². The summed E-state index contributed by atoms with van der Waals surface area (Å²) in [6, 6.07) is 0. The predicted molar refractivity (Wildman–Crippen MR) is 49.1 cm³/mol. The lowest BCUT2D eigenvalue weighted by Gasteiger charge is -2.08. The molecular formula is C10H20O2. The van der Waals surface area contributed by atoms with Gasteiger partial charge in [0.1, 0.15) is 0 Å². The maximum atomic E-state index is 9.50. The minimum Gasteiger partial charge on any atom is -0.393 e. The van der Waals surface area contributed by atoms with Crippen molar-refractivity contribution in [3.63, 3.8) is 0 Å². The Hall–Kier alpha value is -0.0800. The summed E-state index contributed by atoms with van der Waals surface area (Å²) in [7, 11) is 0. The van der Waals surface area contributed by atoms with E-state index in [-0.39, 0.29) is 6.10 Å². The molecule has 0 amide bonds. The minimum absolute atomic E-state index is 0.0713. The lowest BCUT2D eigenvalue weighted by Crippen LogP contribution is -2.08. The highest BCUT2D eigenvalue weighted by Crippen LogP contribution is 2.34. The smallest absolute Gasteiger partial charge is 0.0543 e. The fourth-order valence-corrected chi connectivity index (χ4v) is 1.42. The Morgan fingerprint density at radius 2 is 2.25 bits per heavy atom. The summed E-state index contributed by atoms with van der Waals surface area (Å²) in [5.41, 5.74) is 0. The van der Waals surface area contributed by atoms with Gasteiger partial charge in [0.15, 0.2) is 0 Å². The molecule has 0 saturated heterocycles. The number of aliphatic hydroxyl groups excluding tert-OH is 1. The molecule has 0 aromatic rings. The van der Waals surface area contributed by atoms with Gasteiger partial charge < -0.3 is 9.84 Å². The molecule has 0 heterocycles. The first-order chi connectivity index (χ1) is 5.83. The summed E-state index contributed by atoms with van der Waals surface area (Å²) in [5.74, 6) is 0.840. The maximum absolute atomic E-state index is 9.50. The van der Waals surface area contributed by atoms with E-state index in [1.165, 1.54) is 12.8 Å². The molecule has 1 unspecified atom stereocenters. The van der Waals surface area contributed by atoms with E-state index >= 15 is 0 Å². The van der Waals surface area contributed by atoms with Gasteiger partial charge in [-0.3, -0.25) is 0 Å². The Bertz CT molecular complexity index is 110. The standard InChI is InChI=1S/C10H20O2/c1-2-12-7-3-4-10(11)8-9-5-6-9/h9-11H,2-8H2,1H3. The summed E-state index contributed by atoms with van der Waals surface area (Å²) in [4.78, 5) is 0.